The Morgan fingerprint density at radius 2 is 1.75 bits per heavy atom. The fourth-order valence-electron chi connectivity index (χ4n) is 3.54. The van der Waals surface area contributed by atoms with Gasteiger partial charge in [-0.05, 0) is 42.5 Å². The van der Waals surface area contributed by atoms with Gasteiger partial charge in [-0.1, -0.05) is 12.1 Å². The Bertz CT molecular complexity index is 1470. The Hall–Kier alpha value is -3.79. The summed E-state index contributed by atoms with van der Waals surface area (Å²) in [5, 5.41) is 0. The van der Waals surface area contributed by atoms with Crippen molar-refractivity contribution in [3.8, 4) is 5.75 Å². The van der Waals surface area contributed by atoms with Gasteiger partial charge in [0.15, 0.2) is 0 Å². The van der Waals surface area contributed by atoms with Crippen molar-refractivity contribution in [2.75, 3.05) is 7.11 Å². The van der Waals surface area contributed by atoms with Crippen LogP contribution in [-0.2, 0) is 30.7 Å². The molecule has 9 nitrogen and oxygen atoms in total. The van der Waals surface area contributed by atoms with Crippen molar-refractivity contribution in [1.82, 2.24) is 13.4 Å². The lowest BCUT2D eigenvalue weighted by molar-refractivity contribution is 0.0845. The molecular formula is C22H21N3O6S. The summed E-state index contributed by atoms with van der Waals surface area (Å²) in [7, 11) is 0.248. The van der Waals surface area contributed by atoms with Gasteiger partial charge in [0, 0.05) is 14.1 Å². The summed E-state index contributed by atoms with van der Waals surface area (Å²) in [4.78, 5) is 25.5. The number of hydrogen-bond acceptors (Lipinski definition) is 6. The van der Waals surface area contributed by atoms with Crippen LogP contribution in [0.2, 0.25) is 0 Å². The van der Waals surface area contributed by atoms with Crippen LogP contribution in [0.1, 0.15) is 16.1 Å². The predicted octanol–water partition coefficient (Wildman–Crippen LogP) is 2.51. The highest BCUT2D eigenvalue weighted by Crippen LogP contribution is 2.27. The molecule has 32 heavy (non-hydrogen) atoms. The molecule has 166 valence electrons. The van der Waals surface area contributed by atoms with E-state index >= 15 is 0 Å². The van der Waals surface area contributed by atoms with E-state index in [9.17, 15) is 18.0 Å². The number of imidazole rings is 1. The number of fused-ring (bicyclic) bond motifs is 1. The minimum absolute atomic E-state index is 0.0957. The third-order valence-corrected chi connectivity index (χ3v) is 7.00. The zero-order valence-corrected chi connectivity index (χ0v) is 18.5. The van der Waals surface area contributed by atoms with E-state index in [-0.39, 0.29) is 28.4 Å². The second kappa shape index (κ2) is 8.04. The second-order valence-corrected chi connectivity index (χ2v) is 9.01. The van der Waals surface area contributed by atoms with E-state index in [4.69, 9.17) is 9.15 Å². The van der Waals surface area contributed by atoms with Gasteiger partial charge < -0.3 is 9.15 Å². The molecule has 2 aromatic carbocycles. The topological polar surface area (TPSA) is 104 Å². The lowest BCUT2D eigenvalue weighted by Crippen LogP contribution is -2.36. The normalized spacial score (nSPS) is 11.6. The number of carbonyl (C=O) groups excluding carboxylic acids is 1. The highest BCUT2D eigenvalue weighted by molar-refractivity contribution is 7.89. The van der Waals surface area contributed by atoms with Crippen molar-refractivity contribution in [3.63, 3.8) is 0 Å². The molecule has 0 radical (unpaired) electrons. The number of sulfonamides is 1. The summed E-state index contributed by atoms with van der Waals surface area (Å²) in [5.74, 6) is -0.219. The van der Waals surface area contributed by atoms with E-state index < -0.39 is 15.9 Å². The van der Waals surface area contributed by atoms with Gasteiger partial charge in [0.25, 0.3) is 15.9 Å². The van der Waals surface area contributed by atoms with Crippen LogP contribution in [0.15, 0.2) is 75.0 Å². The monoisotopic (exact) mass is 455 g/mol. The first kappa shape index (κ1) is 21.4. The van der Waals surface area contributed by atoms with Crippen molar-refractivity contribution in [3.05, 3.63) is 82.7 Å². The number of rotatable bonds is 6. The van der Waals surface area contributed by atoms with Crippen LogP contribution in [0.3, 0.4) is 0 Å². The van der Waals surface area contributed by atoms with Crippen molar-refractivity contribution in [2.24, 2.45) is 14.1 Å². The number of aryl methyl sites for hydroxylation is 2. The number of furan rings is 1. The van der Waals surface area contributed by atoms with E-state index in [0.29, 0.717) is 16.8 Å². The molecule has 4 rings (SSSR count). The SMILES string of the molecule is COc1ccccc1C(=O)N(Cc1ccco1)S(=O)(=O)c1ccc2c(c1)n(C)c(=O)n2C. The van der Waals surface area contributed by atoms with E-state index in [1.807, 2.05) is 0 Å². The molecule has 0 saturated carbocycles. The Kier molecular flexibility index (Phi) is 5.39. The molecule has 0 saturated heterocycles. The van der Waals surface area contributed by atoms with Gasteiger partial charge in [0.1, 0.15) is 11.5 Å². The van der Waals surface area contributed by atoms with E-state index in [1.54, 1.807) is 50.5 Å². The minimum atomic E-state index is -4.32. The summed E-state index contributed by atoms with van der Waals surface area (Å²) < 4.78 is 41.4. The van der Waals surface area contributed by atoms with Gasteiger partial charge in [-0.2, -0.15) is 0 Å². The first-order chi connectivity index (χ1) is 15.3. The molecular weight excluding hydrogens is 434 g/mol. The van der Waals surface area contributed by atoms with Gasteiger partial charge in [-0.25, -0.2) is 17.5 Å². The molecule has 0 aliphatic rings. The first-order valence-corrected chi connectivity index (χ1v) is 11.1. The summed E-state index contributed by atoms with van der Waals surface area (Å²) in [6.45, 7) is -0.308. The number of carbonyl (C=O) groups is 1. The number of hydrogen-bond donors (Lipinski definition) is 0. The van der Waals surface area contributed by atoms with Gasteiger partial charge in [0.2, 0.25) is 0 Å². The average molecular weight is 455 g/mol. The fourth-order valence-corrected chi connectivity index (χ4v) is 4.91. The fraction of sp³-hybridized carbons (Fsp3) is 0.182. The number of para-hydroxylation sites is 1. The van der Waals surface area contributed by atoms with Crippen LogP contribution in [0, 0.1) is 0 Å². The minimum Gasteiger partial charge on any atom is -0.496 e. The van der Waals surface area contributed by atoms with Crippen molar-refractivity contribution in [2.45, 2.75) is 11.4 Å². The largest absolute Gasteiger partial charge is 0.496 e. The number of methoxy groups -OCH3 is 1. The summed E-state index contributed by atoms with van der Waals surface area (Å²) >= 11 is 0. The Morgan fingerprint density at radius 1 is 1.03 bits per heavy atom. The number of ether oxygens (including phenoxy) is 1. The number of benzene rings is 2. The molecule has 0 aliphatic heterocycles. The molecule has 0 unspecified atom stereocenters. The van der Waals surface area contributed by atoms with Crippen molar-refractivity contribution >= 4 is 27.0 Å². The molecule has 0 aliphatic carbocycles. The molecule has 1 amide bonds. The zero-order valence-electron chi connectivity index (χ0n) is 17.7. The quantitative estimate of drug-likeness (QED) is 0.443. The van der Waals surface area contributed by atoms with Crippen LogP contribution in [0.5, 0.6) is 5.75 Å². The third kappa shape index (κ3) is 3.48. The van der Waals surface area contributed by atoms with E-state index in [1.165, 1.54) is 40.7 Å². The van der Waals surface area contributed by atoms with Gasteiger partial charge in [-0.3, -0.25) is 13.9 Å². The van der Waals surface area contributed by atoms with Crippen LogP contribution in [0.25, 0.3) is 11.0 Å². The molecule has 0 atom stereocenters. The third-order valence-electron chi connectivity index (χ3n) is 5.27. The highest BCUT2D eigenvalue weighted by Gasteiger charge is 2.33. The lowest BCUT2D eigenvalue weighted by atomic mass is 10.2. The van der Waals surface area contributed by atoms with Gasteiger partial charge in [0.05, 0.1) is 41.4 Å². The smallest absolute Gasteiger partial charge is 0.328 e. The lowest BCUT2D eigenvalue weighted by Gasteiger charge is -2.22. The standard InChI is InChI=1S/C22H21N3O6S/c1-23-18-11-10-16(13-19(18)24(2)22(23)27)32(28,29)25(14-15-7-6-12-31-15)21(26)17-8-4-5-9-20(17)30-3/h4-13H,14H2,1-3H3. The molecule has 2 aromatic heterocycles. The summed E-state index contributed by atoms with van der Waals surface area (Å²) in [5.41, 5.74) is 0.816. The van der Waals surface area contributed by atoms with Crippen LogP contribution in [0.4, 0.5) is 0 Å². The Balaban J connectivity index is 1.86. The zero-order chi connectivity index (χ0) is 23.0. The maximum atomic E-state index is 13.6. The van der Waals surface area contributed by atoms with Crippen molar-refractivity contribution < 1.29 is 22.4 Å². The average Bonchev–Trinajstić information content (AvgIpc) is 3.40. The highest BCUT2D eigenvalue weighted by atomic mass is 32.2. The number of aromatic nitrogens is 2. The first-order valence-electron chi connectivity index (χ1n) is 9.63. The molecule has 4 aromatic rings. The van der Waals surface area contributed by atoms with Crippen molar-refractivity contribution in [1.29, 1.82) is 0 Å². The maximum absolute atomic E-state index is 13.6. The summed E-state index contributed by atoms with van der Waals surface area (Å²) in [6.07, 6.45) is 1.40. The number of amides is 1. The molecule has 0 spiro atoms. The molecule has 0 fully saturated rings. The van der Waals surface area contributed by atoms with Gasteiger partial charge in [-0.15, -0.1) is 0 Å². The van der Waals surface area contributed by atoms with E-state index in [0.717, 1.165) is 4.31 Å². The molecule has 0 N–H and O–H groups in total. The molecule has 10 heteroatoms. The second-order valence-electron chi connectivity index (χ2n) is 7.15. The van der Waals surface area contributed by atoms with Crippen LogP contribution in [-0.4, -0.2) is 34.9 Å². The maximum Gasteiger partial charge on any atom is 0.328 e. The summed E-state index contributed by atoms with van der Waals surface area (Å²) in [6, 6.07) is 13.9. The Labute approximate surface area is 184 Å². The van der Waals surface area contributed by atoms with Crippen LogP contribution < -0.4 is 10.4 Å². The van der Waals surface area contributed by atoms with Gasteiger partial charge >= 0.3 is 5.69 Å². The number of nitrogens with zero attached hydrogens (tertiary/aromatic N) is 3. The molecule has 2 heterocycles. The predicted molar refractivity (Wildman–Crippen MR) is 117 cm³/mol. The Morgan fingerprint density at radius 3 is 2.44 bits per heavy atom. The van der Waals surface area contributed by atoms with E-state index in [2.05, 4.69) is 0 Å². The van der Waals surface area contributed by atoms with Crippen LogP contribution >= 0.6 is 0 Å². The molecule has 0 bridgehead atoms.